The molecule has 0 saturated heterocycles. The normalized spacial score (nSPS) is 14.8. The number of aryl methyl sites for hydroxylation is 2. The number of sulfonamides is 1. The molecule has 0 aliphatic heterocycles. The van der Waals surface area contributed by atoms with Crippen LogP contribution in [0.1, 0.15) is 68.6 Å². The lowest BCUT2D eigenvalue weighted by Crippen LogP contribution is -2.51. The lowest BCUT2D eigenvalue weighted by atomic mass is 10.1. The summed E-state index contributed by atoms with van der Waals surface area (Å²) in [5.74, 6) is -0.348. The van der Waals surface area contributed by atoms with Gasteiger partial charge in [0, 0.05) is 30.6 Å². The largest absolute Gasteiger partial charge is 0.352 e. The first kappa shape index (κ1) is 30.0. The first-order chi connectivity index (χ1) is 18.0. The van der Waals surface area contributed by atoms with Gasteiger partial charge in [0.05, 0.1) is 11.9 Å². The van der Waals surface area contributed by atoms with Gasteiger partial charge in [-0.05, 0) is 74.4 Å². The number of amides is 2. The van der Waals surface area contributed by atoms with Crippen LogP contribution < -0.4 is 9.62 Å². The smallest absolute Gasteiger partial charge is 0.243 e. The molecular weight excluding hydrogens is 522 g/mol. The zero-order valence-electron chi connectivity index (χ0n) is 22.9. The van der Waals surface area contributed by atoms with E-state index in [1.807, 2.05) is 51.1 Å². The first-order valence-electron chi connectivity index (χ1n) is 13.4. The second-order valence-electron chi connectivity index (χ2n) is 10.2. The summed E-state index contributed by atoms with van der Waals surface area (Å²) < 4.78 is 26.5. The van der Waals surface area contributed by atoms with Gasteiger partial charge in [-0.3, -0.25) is 13.9 Å². The fourth-order valence-electron chi connectivity index (χ4n) is 4.98. The molecule has 2 amide bonds. The van der Waals surface area contributed by atoms with Crippen LogP contribution in [0.15, 0.2) is 42.5 Å². The number of carbonyl (C=O) groups excluding carboxylic acids is 2. The molecule has 1 fully saturated rings. The molecule has 208 valence electrons. The molecule has 3 rings (SSSR count). The Morgan fingerprint density at radius 3 is 2.37 bits per heavy atom. The molecule has 1 unspecified atom stereocenters. The van der Waals surface area contributed by atoms with Gasteiger partial charge in [0.1, 0.15) is 6.04 Å². The van der Waals surface area contributed by atoms with Crippen molar-refractivity contribution in [3.63, 3.8) is 0 Å². The van der Waals surface area contributed by atoms with E-state index in [2.05, 4.69) is 5.32 Å². The van der Waals surface area contributed by atoms with Gasteiger partial charge in [-0.1, -0.05) is 55.6 Å². The molecule has 1 atom stereocenters. The van der Waals surface area contributed by atoms with E-state index in [0.717, 1.165) is 42.4 Å². The van der Waals surface area contributed by atoms with Gasteiger partial charge in [-0.25, -0.2) is 8.42 Å². The van der Waals surface area contributed by atoms with Crippen molar-refractivity contribution in [2.75, 3.05) is 17.1 Å². The van der Waals surface area contributed by atoms with Crippen LogP contribution in [0.3, 0.4) is 0 Å². The van der Waals surface area contributed by atoms with Crippen LogP contribution in [0.4, 0.5) is 5.69 Å². The van der Waals surface area contributed by atoms with Gasteiger partial charge < -0.3 is 10.2 Å². The number of carbonyl (C=O) groups is 2. The Labute approximate surface area is 232 Å². The van der Waals surface area contributed by atoms with Crippen molar-refractivity contribution >= 4 is 39.1 Å². The summed E-state index contributed by atoms with van der Waals surface area (Å²) in [7, 11) is -3.54. The Morgan fingerprint density at radius 2 is 1.76 bits per heavy atom. The molecule has 0 heterocycles. The van der Waals surface area contributed by atoms with E-state index >= 15 is 0 Å². The Bertz CT molecular complexity index is 1230. The number of hydrogen-bond acceptors (Lipinski definition) is 4. The zero-order valence-corrected chi connectivity index (χ0v) is 24.4. The Balaban J connectivity index is 1.77. The first-order valence-corrected chi connectivity index (χ1v) is 15.6. The lowest BCUT2D eigenvalue weighted by molar-refractivity contribution is -0.141. The molecule has 0 bridgehead atoms. The molecule has 7 nitrogen and oxygen atoms in total. The number of benzene rings is 2. The highest BCUT2D eigenvalue weighted by atomic mass is 35.5. The Morgan fingerprint density at radius 1 is 1.08 bits per heavy atom. The molecule has 0 spiro atoms. The number of anilines is 1. The maximum atomic E-state index is 13.6. The van der Waals surface area contributed by atoms with E-state index in [4.69, 9.17) is 11.6 Å². The Hall–Kier alpha value is -2.58. The van der Waals surface area contributed by atoms with E-state index in [-0.39, 0.29) is 37.4 Å². The number of hydrogen-bond donors (Lipinski definition) is 1. The van der Waals surface area contributed by atoms with Crippen LogP contribution in [0.5, 0.6) is 0 Å². The van der Waals surface area contributed by atoms with Crippen LogP contribution in [0.25, 0.3) is 0 Å². The van der Waals surface area contributed by atoms with E-state index in [0.29, 0.717) is 23.6 Å². The van der Waals surface area contributed by atoms with Crippen molar-refractivity contribution in [2.45, 2.75) is 84.3 Å². The monoisotopic (exact) mass is 561 g/mol. The third-order valence-corrected chi connectivity index (χ3v) is 8.88. The zero-order chi connectivity index (χ0) is 27.9. The SMILES string of the molecule is CCC(C(=O)NC1CCCC1)N(Cc1ccccc1Cl)C(=O)CCCN(c1ccc(C)c(C)c1)S(C)(=O)=O. The highest BCUT2D eigenvalue weighted by Crippen LogP contribution is 2.24. The van der Waals surface area contributed by atoms with Crippen molar-refractivity contribution in [3.05, 3.63) is 64.2 Å². The summed E-state index contributed by atoms with van der Waals surface area (Å²) in [6.45, 7) is 6.19. The van der Waals surface area contributed by atoms with Crippen LogP contribution in [-0.2, 0) is 26.2 Å². The highest BCUT2D eigenvalue weighted by molar-refractivity contribution is 7.92. The van der Waals surface area contributed by atoms with E-state index < -0.39 is 16.1 Å². The summed E-state index contributed by atoms with van der Waals surface area (Å²) in [4.78, 5) is 28.5. The summed E-state index contributed by atoms with van der Waals surface area (Å²) in [6.07, 6.45) is 6.18. The number of rotatable bonds is 12. The molecule has 2 aromatic carbocycles. The summed E-state index contributed by atoms with van der Waals surface area (Å²) in [6, 6.07) is 12.4. The topological polar surface area (TPSA) is 86.8 Å². The van der Waals surface area contributed by atoms with Crippen molar-refractivity contribution in [1.29, 1.82) is 0 Å². The minimum atomic E-state index is -3.54. The average molecular weight is 562 g/mol. The van der Waals surface area contributed by atoms with Crippen LogP contribution in [-0.4, -0.2) is 50.0 Å². The van der Waals surface area contributed by atoms with E-state index in [9.17, 15) is 18.0 Å². The molecule has 38 heavy (non-hydrogen) atoms. The van der Waals surface area contributed by atoms with Gasteiger partial charge in [-0.2, -0.15) is 0 Å². The minimum Gasteiger partial charge on any atom is -0.352 e. The van der Waals surface area contributed by atoms with E-state index in [1.54, 1.807) is 17.0 Å². The molecule has 1 aliphatic carbocycles. The third-order valence-electron chi connectivity index (χ3n) is 7.32. The van der Waals surface area contributed by atoms with Crippen molar-refractivity contribution in [1.82, 2.24) is 10.2 Å². The fraction of sp³-hybridized carbons (Fsp3) is 0.517. The molecule has 2 aromatic rings. The van der Waals surface area contributed by atoms with Gasteiger partial charge in [0.15, 0.2) is 0 Å². The second kappa shape index (κ2) is 13.5. The molecular formula is C29H40ClN3O4S. The molecule has 1 N–H and O–H groups in total. The van der Waals surface area contributed by atoms with Crippen molar-refractivity contribution in [2.24, 2.45) is 0 Å². The second-order valence-corrected chi connectivity index (χ2v) is 12.5. The number of halogens is 1. The van der Waals surface area contributed by atoms with Gasteiger partial charge in [0.2, 0.25) is 21.8 Å². The summed E-state index contributed by atoms with van der Waals surface area (Å²) >= 11 is 6.41. The van der Waals surface area contributed by atoms with Crippen LogP contribution >= 0.6 is 11.6 Å². The molecule has 0 radical (unpaired) electrons. The molecule has 9 heteroatoms. The third kappa shape index (κ3) is 7.96. The lowest BCUT2D eigenvalue weighted by Gasteiger charge is -2.32. The minimum absolute atomic E-state index is 0.106. The van der Waals surface area contributed by atoms with Gasteiger partial charge in [-0.15, -0.1) is 0 Å². The van der Waals surface area contributed by atoms with Crippen molar-refractivity contribution < 1.29 is 18.0 Å². The molecule has 1 aliphatic rings. The van der Waals surface area contributed by atoms with Gasteiger partial charge >= 0.3 is 0 Å². The predicted molar refractivity (Wildman–Crippen MR) is 154 cm³/mol. The summed E-state index contributed by atoms with van der Waals surface area (Å²) in [5.41, 5.74) is 3.42. The summed E-state index contributed by atoms with van der Waals surface area (Å²) in [5, 5.41) is 3.67. The van der Waals surface area contributed by atoms with Gasteiger partial charge in [0.25, 0.3) is 0 Å². The average Bonchev–Trinajstić information content (AvgIpc) is 3.37. The van der Waals surface area contributed by atoms with Crippen LogP contribution in [0.2, 0.25) is 5.02 Å². The molecule has 1 saturated carbocycles. The predicted octanol–water partition coefficient (Wildman–Crippen LogP) is 5.37. The van der Waals surface area contributed by atoms with E-state index in [1.165, 1.54) is 10.6 Å². The molecule has 0 aromatic heterocycles. The quantitative estimate of drug-likeness (QED) is 0.377. The Kier molecular flexibility index (Phi) is 10.6. The van der Waals surface area contributed by atoms with Crippen molar-refractivity contribution in [3.8, 4) is 0 Å². The van der Waals surface area contributed by atoms with Crippen LogP contribution in [0, 0.1) is 13.8 Å². The maximum Gasteiger partial charge on any atom is 0.243 e. The highest BCUT2D eigenvalue weighted by Gasteiger charge is 2.31. The number of nitrogens with one attached hydrogen (secondary N) is 1. The maximum absolute atomic E-state index is 13.6. The number of nitrogens with zero attached hydrogens (tertiary/aromatic N) is 2. The standard InChI is InChI=1S/C29H40ClN3O4S/c1-5-27(29(35)31-24-12-7-8-13-24)32(20-23-11-6-9-14-26(23)30)28(34)15-10-18-33(38(4,36)37)25-17-16-21(2)22(3)19-25/h6,9,11,14,16-17,19,24,27H,5,7-8,10,12-13,15,18,20H2,1-4H3,(H,31,35). The fourth-order valence-corrected chi connectivity index (χ4v) is 6.13.